The van der Waals surface area contributed by atoms with Crippen LogP contribution >= 0.6 is 0 Å². The molecule has 2 aliphatic rings. The first-order chi connectivity index (χ1) is 19.6. The van der Waals surface area contributed by atoms with Gasteiger partial charge < -0.3 is 14.5 Å². The predicted octanol–water partition coefficient (Wildman–Crippen LogP) is 5.75. The lowest BCUT2D eigenvalue weighted by Gasteiger charge is -2.38. The van der Waals surface area contributed by atoms with Crippen molar-refractivity contribution < 1.29 is 9.53 Å². The number of nitriles is 1. The molecule has 1 amide bonds. The van der Waals surface area contributed by atoms with E-state index in [1.807, 2.05) is 47.4 Å². The minimum Gasteiger partial charge on any atom is -0.372 e. The van der Waals surface area contributed by atoms with Gasteiger partial charge in [-0.05, 0) is 60.2 Å². The van der Waals surface area contributed by atoms with E-state index < -0.39 is 0 Å². The van der Waals surface area contributed by atoms with Crippen LogP contribution in [0.2, 0.25) is 0 Å². The van der Waals surface area contributed by atoms with Gasteiger partial charge >= 0.3 is 0 Å². The van der Waals surface area contributed by atoms with Crippen LogP contribution in [0.1, 0.15) is 60.5 Å². The van der Waals surface area contributed by atoms with Crippen molar-refractivity contribution in [3.63, 3.8) is 0 Å². The van der Waals surface area contributed by atoms with Crippen molar-refractivity contribution >= 4 is 11.6 Å². The number of piperazine rings is 1. The molecule has 2 saturated heterocycles. The van der Waals surface area contributed by atoms with Gasteiger partial charge in [-0.1, -0.05) is 61.5 Å². The fraction of sp³-hybridized carbons (Fsp3) is 0.412. The van der Waals surface area contributed by atoms with E-state index in [0.717, 1.165) is 63.4 Å². The predicted molar refractivity (Wildman–Crippen MR) is 159 cm³/mol. The quantitative estimate of drug-likeness (QED) is 0.330. The SMILES string of the molecule is CCC(C(=O)N1CCN(CC(OCc2ccc(C#N)cc2)c2cccc(N3CCCC3)c2)CC1)c1ccccc1. The molecule has 208 valence electrons. The van der Waals surface area contributed by atoms with Gasteiger partial charge in [0, 0.05) is 51.5 Å². The summed E-state index contributed by atoms with van der Waals surface area (Å²) in [6.45, 7) is 8.71. The Morgan fingerprint density at radius 1 is 0.875 bits per heavy atom. The summed E-state index contributed by atoms with van der Waals surface area (Å²) in [6.07, 6.45) is 3.21. The smallest absolute Gasteiger partial charge is 0.230 e. The summed E-state index contributed by atoms with van der Waals surface area (Å²) in [6, 6.07) is 28.8. The monoisotopic (exact) mass is 536 g/mol. The number of ether oxygens (including phenoxy) is 1. The number of carbonyl (C=O) groups is 1. The maximum Gasteiger partial charge on any atom is 0.230 e. The third-order valence-electron chi connectivity index (χ3n) is 8.26. The number of amides is 1. The molecule has 0 N–H and O–H groups in total. The van der Waals surface area contributed by atoms with Crippen LogP contribution in [-0.4, -0.2) is 61.5 Å². The molecule has 6 heteroatoms. The molecule has 0 spiro atoms. The molecule has 0 bridgehead atoms. The van der Waals surface area contributed by atoms with E-state index in [0.29, 0.717) is 12.2 Å². The minimum absolute atomic E-state index is 0.0791. The minimum atomic E-state index is -0.0897. The summed E-state index contributed by atoms with van der Waals surface area (Å²) in [4.78, 5) is 20.3. The van der Waals surface area contributed by atoms with Gasteiger partial charge in [0.25, 0.3) is 0 Å². The molecule has 3 aromatic rings. The normalized spacial score (nSPS) is 17.4. The molecular weight excluding hydrogens is 496 g/mol. The van der Waals surface area contributed by atoms with Gasteiger partial charge in [-0.25, -0.2) is 0 Å². The second kappa shape index (κ2) is 13.6. The average molecular weight is 537 g/mol. The van der Waals surface area contributed by atoms with E-state index in [1.165, 1.54) is 24.1 Å². The zero-order valence-electron chi connectivity index (χ0n) is 23.5. The fourth-order valence-electron chi connectivity index (χ4n) is 5.87. The highest BCUT2D eigenvalue weighted by molar-refractivity contribution is 5.83. The fourth-order valence-corrected chi connectivity index (χ4v) is 5.87. The first-order valence-electron chi connectivity index (χ1n) is 14.7. The number of benzene rings is 3. The Morgan fingerprint density at radius 2 is 1.57 bits per heavy atom. The van der Waals surface area contributed by atoms with E-state index >= 15 is 0 Å². The van der Waals surface area contributed by atoms with E-state index in [9.17, 15) is 4.79 Å². The maximum absolute atomic E-state index is 13.4. The van der Waals surface area contributed by atoms with Crippen molar-refractivity contribution in [1.29, 1.82) is 5.26 Å². The number of nitrogens with zero attached hydrogens (tertiary/aromatic N) is 4. The Kier molecular flexibility index (Phi) is 9.49. The molecule has 2 aliphatic heterocycles. The van der Waals surface area contributed by atoms with E-state index in [-0.39, 0.29) is 17.9 Å². The van der Waals surface area contributed by atoms with Gasteiger partial charge in [0.2, 0.25) is 5.91 Å². The Labute approximate surface area is 238 Å². The highest BCUT2D eigenvalue weighted by atomic mass is 16.5. The molecule has 2 heterocycles. The van der Waals surface area contributed by atoms with Gasteiger partial charge in [-0.15, -0.1) is 0 Å². The standard InChI is InChI=1S/C34H40N4O2/c1-2-32(29-9-4-3-5-10-29)34(39)38-21-19-36(20-22-38)25-33(40-26-28-15-13-27(24-35)14-16-28)30-11-8-12-31(23-30)37-17-6-7-18-37/h3-5,8-16,23,32-33H,2,6-7,17-22,25-26H2,1H3. The van der Waals surface area contributed by atoms with Crippen molar-refractivity contribution in [2.75, 3.05) is 50.7 Å². The zero-order valence-corrected chi connectivity index (χ0v) is 23.5. The lowest BCUT2D eigenvalue weighted by molar-refractivity contribution is -0.135. The topological polar surface area (TPSA) is 59.8 Å². The summed E-state index contributed by atoms with van der Waals surface area (Å²) < 4.78 is 6.57. The molecule has 40 heavy (non-hydrogen) atoms. The molecule has 2 atom stereocenters. The molecule has 0 aromatic heterocycles. The largest absolute Gasteiger partial charge is 0.372 e. The Morgan fingerprint density at radius 3 is 2.25 bits per heavy atom. The third kappa shape index (κ3) is 6.91. The molecule has 3 aromatic carbocycles. The highest BCUT2D eigenvalue weighted by Gasteiger charge is 2.29. The van der Waals surface area contributed by atoms with Crippen LogP contribution in [0.15, 0.2) is 78.9 Å². The molecule has 5 rings (SSSR count). The van der Waals surface area contributed by atoms with E-state index in [4.69, 9.17) is 10.00 Å². The van der Waals surface area contributed by atoms with Crippen LogP contribution in [0, 0.1) is 11.3 Å². The van der Waals surface area contributed by atoms with Crippen molar-refractivity contribution in [2.24, 2.45) is 0 Å². The number of anilines is 1. The van der Waals surface area contributed by atoms with Crippen LogP contribution in [0.25, 0.3) is 0 Å². The van der Waals surface area contributed by atoms with Crippen LogP contribution in [0.5, 0.6) is 0 Å². The summed E-state index contributed by atoms with van der Waals surface area (Å²) in [7, 11) is 0. The summed E-state index contributed by atoms with van der Waals surface area (Å²) in [5.74, 6) is 0.157. The number of carbonyl (C=O) groups excluding carboxylic acids is 1. The second-order valence-corrected chi connectivity index (χ2v) is 10.9. The van der Waals surface area contributed by atoms with Crippen LogP contribution in [0.3, 0.4) is 0 Å². The molecule has 2 fully saturated rings. The number of rotatable bonds is 10. The van der Waals surface area contributed by atoms with Gasteiger partial charge in [-0.2, -0.15) is 5.26 Å². The van der Waals surface area contributed by atoms with Crippen molar-refractivity contribution in [3.05, 3.63) is 101 Å². The summed E-state index contributed by atoms with van der Waals surface area (Å²) >= 11 is 0. The van der Waals surface area contributed by atoms with Crippen molar-refractivity contribution in [3.8, 4) is 6.07 Å². The van der Waals surface area contributed by atoms with Crippen LogP contribution in [0.4, 0.5) is 5.69 Å². The van der Waals surface area contributed by atoms with E-state index in [1.54, 1.807) is 0 Å². The first kappa shape index (κ1) is 27.9. The van der Waals surface area contributed by atoms with Gasteiger partial charge in [0.05, 0.1) is 30.3 Å². The summed E-state index contributed by atoms with van der Waals surface area (Å²) in [5.41, 5.74) is 5.27. The first-order valence-corrected chi connectivity index (χ1v) is 14.7. The Balaban J connectivity index is 1.25. The third-order valence-corrected chi connectivity index (χ3v) is 8.26. The molecule has 6 nitrogen and oxygen atoms in total. The van der Waals surface area contributed by atoms with Crippen molar-refractivity contribution in [2.45, 2.75) is 44.8 Å². The van der Waals surface area contributed by atoms with Gasteiger partial charge in [0.15, 0.2) is 0 Å². The van der Waals surface area contributed by atoms with Crippen LogP contribution in [-0.2, 0) is 16.1 Å². The Hall–Kier alpha value is -3.66. The van der Waals surface area contributed by atoms with Gasteiger partial charge in [-0.3, -0.25) is 9.69 Å². The molecule has 0 radical (unpaired) electrons. The highest BCUT2D eigenvalue weighted by Crippen LogP contribution is 2.28. The second-order valence-electron chi connectivity index (χ2n) is 10.9. The zero-order chi connectivity index (χ0) is 27.7. The van der Waals surface area contributed by atoms with Gasteiger partial charge in [0.1, 0.15) is 0 Å². The summed E-state index contributed by atoms with van der Waals surface area (Å²) in [5, 5.41) is 9.13. The molecule has 0 aliphatic carbocycles. The molecular formula is C34H40N4O2. The number of hydrogen-bond donors (Lipinski definition) is 0. The van der Waals surface area contributed by atoms with E-state index in [2.05, 4.69) is 59.2 Å². The number of hydrogen-bond acceptors (Lipinski definition) is 5. The molecule has 2 unspecified atom stereocenters. The maximum atomic E-state index is 13.4. The van der Waals surface area contributed by atoms with Crippen LogP contribution < -0.4 is 4.90 Å². The molecule has 0 saturated carbocycles. The Bertz CT molecular complexity index is 1270. The van der Waals surface area contributed by atoms with Crippen molar-refractivity contribution in [1.82, 2.24) is 9.80 Å². The lowest BCUT2D eigenvalue weighted by atomic mass is 9.94. The lowest BCUT2D eigenvalue weighted by Crippen LogP contribution is -2.50. The average Bonchev–Trinajstić information content (AvgIpc) is 3.56.